The summed E-state index contributed by atoms with van der Waals surface area (Å²) in [7, 11) is 0. The zero-order valence-electron chi connectivity index (χ0n) is 9.75. The molecule has 3 nitrogen and oxygen atoms in total. The summed E-state index contributed by atoms with van der Waals surface area (Å²) in [6.07, 6.45) is 1.61. The summed E-state index contributed by atoms with van der Waals surface area (Å²) in [5.41, 5.74) is 7.20. The van der Waals surface area contributed by atoms with Gasteiger partial charge in [-0.25, -0.2) is 8.78 Å². The lowest BCUT2D eigenvalue weighted by atomic mass is 10.2. The average Bonchev–Trinajstić information content (AvgIpc) is 2.71. The molecular formula is C12H12BrF2N3. The molecule has 0 radical (unpaired) electrons. The Hall–Kier alpha value is -1.27. The number of nitrogens with two attached hydrogens (primary N) is 1. The van der Waals surface area contributed by atoms with Gasteiger partial charge in [-0.3, -0.25) is 4.68 Å². The fourth-order valence-electron chi connectivity index (χ4n) is 1.71. The second kappa shape index (κ2) is 5.16. The van der Waals surface area contributed by atoms with Crippen LogP contribution >= 0.6 is 15.9 Å². The van der Waals surface area contributed by atoms with E-state index in [9.17, 15) is 8.78 Å². The molecule has 2 aromatic rings. The fourth-order valence-corrected chi connectivity index (χ4v) is 2.08. The van der Waals surface area contributed by atoms with Crippen molar-refractivity contribution in [2.24, 2.45) is 5.73 Å². The molecule has 0 aliphatic carbocycles. The van der Waals surface area contributed by atoms with Crippen LogP contribution in [0.3, 0.4) is 0 Å². The molecule has 0 bridgehead atoms. The summed E-state index contributed by atoms with van der Waals surface area (Å²) in [6.45, 7) is 2.22. The highest BCUT2D eigenvalue weighted by molar-refractivity contribution is 9.10. The first-order chi connectivity index (χ1) is 8.54. The summed E-state index contributed by atoms with van der Waals surface area (Å²) in [4.78, 5) is 0. The van der Waals surface area contributed by atoms with E-state index in [-0.39, 0.29) is 16.6 Å². The van der Waals surface area contributed by atoms with Crippen LogP contribution in [0.25, 0.3) is 0 Å². The number of benzene rings is 1. The van der Waals surface area contributed by atoms with Crippen LogP contribution in [0, 0.1) is 18.6 Å². The predicted octanol–water partition coefficient (Wildman–Crippen LogP) is 2.74. The molecule has 0 saturated carbocycles. The maximum atomic E-state index is 13.8. The molecule has 1 aromatic heterocycles. The van der Waals surface area contributed by atoms with Gasteiger partial charge in [0.1, 0.15) is 11.6 Å². The summed E-state index contributed by atoms with van der Waals surface area (Å²) in [5, 5.41) is 4.08. The summed E-state index contributed by atoms with van der Waals surface area (Å²) in [6, 6.07) is 2.57. The van der Waals surface area contributed by atoms with Crippen LogP contribution < -0.4 is 5.73 Å². The Bertz CT molecular complexity index is 581. The average molecular weight is 316 g/mol. The molecule has 2 N–H and O–H groups in total. The highest BCUT2D eigenvalue weighted by atomic mass is 79.9. The van der Waals surface area contributed by atoms with E-state index in [0.717, 1.165) is 11.3 Å². The molecule has 18 heavy (non-hydrogen) atoms. The standard InChI is InChI=1S/C12H12BrF2N3/c1-7-8(4-16)5-17-18(7)6-9-11(14)3-2-10(13)12(9)15/h2-3,5H,4,6,16H2,1H3. The first-order valence-corrected chi connectivity index (χ1v) is 6.17. The lowest BCUT2D eigenvalue weighted by Gasteiger charge is -2.09. The monoisotopic (exact) mass is 315 g/mol. The van der Waals surface area contributed by atoms with Gasteiger partial charge < -0.3 is 5.73 Å². The van der Waals surface area contributed by atoms with Gasteiger partial charge in [0.25, 0.3) is 0 Å². The van der Waals surface area contributed by atoms with Crippen LogP contribution in [-0.2, 0) is 13.1 Å². The van der Waals surface area contributed by atoms with E-state index >= 15 is 0 Å². The van der Waals surface area contributed by atoms with Crippen LogP contribution in [0.15, 0.2) is 22.8 Å². The first-order valence-electron chi connectivity index (χ1n) is 5.38. The third-order valence-electron chi connectivity index (χ3n) is 2.87. The molecule has 6 heteroatoms. The van der Waals surface area contributed by atoms with E-state index in [4.69, 9.17) is 5.73 Å². The van der Waals surface area contributed by atoms with Crippen LogP contribution in [-0.4, -0.2) is 9.78 Å². The molecule has 1 aromatic carbocycles. The molecule has 0 spiro atoms. The Balaban J connectivity index is 2.40. The van der Waals surface area contributed by atoms with Gasteiger partial charge in [0.05, 0.1) is 17.2 Å². The van der Waals surface area contributed by atoms with E-state index in [1.165, 1.54) is 16.8 Å². The van der Waals surface area contributed by atoms with E-state index in [1.54, 1.807) is 6.20 Å². The largest absolute Gasteiger partial charge is 0.326 e. The van der Waals surface area contributed by atoms with Gasteiger partial charge in [-0.2, -0.15) is 5.10 Å². The lowest BCUT2D eigenvalue weighted by molar-refractivity contribution is 0.526. The third kappa shape index (κ3) is 2.30. The third-order valence-corrected chi connectivity index (χ3v) is 3.48. The molecule has 0 saturated heterocycles. The molecule has 0 aliphatic heterocycles. The second-order valence-corrected chi connectivity index (χ2v) is 4.79. The van der Waals surface area contributed by atoms with Gasteiger partial charge in [0.2, 0.25) is 0 Å². The molecular weight excluding hydrogens is 304 g/mol. The van der Waals surface area contributed by atoms with Gasteiger partial charge in [-0.15, -0.1) is 0 Å². The summed E-state index contributed by atoms with van der Waals surface area (Å²) < 4.78 is 29.2. The zero-order chi connectivity index (χ0) is 13.3. The predicted molar refractivity (Wildman–Crippen MR) is 68.0 cm³/mol. The maximum absolute atomic E-state index is 13.8. The van der Waals surface area contributed by atoms with Gasteiger partial charge >= 0.3 is 0 Å². The number of hydrogen-bond acceptors (Lipinski definition) is 2. The first kappa shape index (κ1) is 13.2. The summed E-state index contributed by atoms with van der Waals surface area (Å²) >= 11 is 3.04. The van der Waals surface area contributed by atoms with E-state index < -0.39 is 11.6 Å². The quantitative estimate of drug-likeness (QED) is 0.885. The fraction of sp³-hybridized carbons (Fsp3) is 0.250. The van der Waals surface area contributed by atoms with Crippen molar-refractivity contribution in [2.45, 2.75) is 20.0 Å². The van der Waals surface area contributed by atoms with Gasteiger partial charge in [0.15, 0.2) is 0 Å². The zero-order valence-corrected chi connectivity index (χ0v) is 11.3. The molecule has 2 rings (SSSR count). The second-order valence-electron chi connectivity index (χ2n) is 3.94. The van der Waals surface area contributed by atoms with E-state index in [2.05, 4.69) is 21.0 Å². The molecule has 96 valence electrons. The highest BCUT2D eigenvalue weighted by Gasteiger charge is 2.14. The molecule has 0 atom stereocenters. The van der Waals surface area contributed by atoms with Gasteiger partial charge in [-0.05, 0) is 35.0 Å². The van der Waals surface area contributed by atoms with Crippen molar-refractivity contribution in [2.75, 3.05) is 0 Å². The van der Waals surface area contributed by atoms with Crippen molar-refractivity contribution in [1.82, 2.24) is 9.78 Å². The molecule has 0 fully saturated rings. The van der Waals surface area contributed by atoms with Gasteiger partial charge in [-0.1, -0.05) is 0 Å². The molecule has 0 amide bonds. The normalized spacial score (nSPS) is 10.9. The highest BCUT2D eigenvalue weighted by Crippen LogP contribution is 2.22. The Labute approximate surface area is 112 Å². The van der Waals surface area contributed by atoms with Crippen LogP contribution in [0.1, 0.15) is 16.8 Å². The van der Waals surface area contributed by atoms with Crippen molar-refractivity contribution >= 4 is 15.9 Å². The number of aromatic nitrogens is 2. The minimum atomic E-state index is -0.598. The summed E-state index contributed by atoms with van der Waals surface area (Å²) in [5.74, 6) is -1.18. The van der Waals surface area contributed by atoms with Crippen LogP contribution in [0.5, 0.6) is 0 Å². The Morgan fingerprint density at radius 3 is 2.72 bits per heavy atom. The minimum Gasteiger partial charge on any atom is -0.326 e. The van der Waals surface area contributed by atoms with Crippen molar-refractivity contribution < 1.29 is 8.78 Å². The minimum absolute atomic E-state index is 0.0147. The van der Waals surface area contributed by atoms with Crippen molar-refractivity contribution in [1.29, 1.82) is 0 Å². The van der Waals surface area contributed by atoms with Crippen molar-refractivity contribution in [3.63, 3.8) is 0 Å². The van der Waals surface area contributed by atoms with E-state index in [1.807, 2.05) is 6.92 Å². The van der Waals surface area contributed by atoms with Crippen LogP contribution in [0.4, 0.5) is 8.78 Å². The van der Waals surface area contributed by atoms with Crippen molar-refractivity contribution in [3.8, 4) is 0 Å². The van der Waals surface area contributed by atoms with Crippen molar-refractivity contribution in [3.05, 3.63) is 51.3 Å². The Morgan fingerprint density at radius 1 is 1.39 bits per heavy atom. The smallest absolute Gasteiger partial charge is 0.145 e. The Morgan fingerprint density at radius 2 is 2.11 bits per heavy atom. The van der Waals surface area contributed by atoms with Gasteiger partial charge in [0, 0.05) is 23.4 Å². The van der Waals surface area contributed by atoms with E-state index in [0.29, 0.717) is 6.54 Å². The maximum Gasteiger partial charge on any atom is 0.145 e. The molecule has 0 unspecified atom stereocenters. The molecule has 0 aliphatic rings. The Kier molecular flexibility index (Phi) is 3.77. The number of nitrogens with zero attached hydrogens (tertiary/aromatic N) is 2. The topological polar surface area (TPSA) is 43.8 Å². The molecule has 1 heterocycles. The SMILES string of the molecule is Cc1c(CN)cnn1Cc1c(F)ccc(Br)c1F. The lowest BCUT2D eigenvalue weighted by Crippen LogP contribution is -2.09. The van der Waals surface area contributed by atoms with Crippen LogP contribution in [0.2, 0.25) is 0 Å². The number of hydrogen-bond donors (Lipinski definition) is 1. The number of rotatable bonds is 3. The number of halogens is 3.